The number of amides is 1. The first-order chi connectivity index (χ1) is 14.5. The monoisotopic (exact) mass is 405 g/mol. The summed E-state index contributed by atoms with van der Waals surface area (Å²) in [6.07, 6.45) is 5.23. The number of carbonyl (C=O) groups is 1. The van der Waals surface area contributed by atoms with Gasteiger partial charge in [0, 0.05) is 51.1 Å². The number of halogens is 1. The average molecular weight is 405 g/mol. The first kappa shape index (κ1) is 19.9. The number of hydrogen-bond donors (Lipinski definition) is 0. The van der Waals surface area contributed by atoms with Gasteiger partial charge in [0.1, 0.15) is 11.5 Å². The summed E-state index contributed by atoms with van der Waals surface area (Å²) in [6, 6.07) is 11.7. The molecule has 0 bridgehead atoms. The molecule has 4 rings (SSSR count). The number of aromatic nitrogens is 3. The van der Waals surface area contributed by atoms with Crippen LogP contribution in [0.2, 0.25) is 0 Å². The first-order valence-electron chi connectivity index (χ1n) is 10.0. The van der Waals surface area contributed by atoms with Crippen molar-refractivity contribution < 1.29 is 9.18 Å². The molecule has 2 aromatic heterocycles. The van der Waals surface area contributed by atoms with E-state index >= 15 is 0 Å². The van der Waals surface area contributed by atoms with Crippen molar-refractivity contribution in [2.24, 2.45) is 0 Å². The molecule has 1 aliphatic heterocycles. The molecule has 0 saturated carbocycles. The molecular formula is C23H24FN5O. The molecule has 1 saturated heterocycles. The SMILES string of the molecule is CN(C)c1ncc(-c2ccc(F)cc2)c([C@H]2CCCN(C(=O)c3ccccn3)C2)n1. The smallest absolute Gasteiger partial charge is 0.272 e. The van der Waals surface area contributed by atoms with E-state index in [1.54, 1.807) is 36.7 Å². The predicted octanol–water partition coefficient (Wildman–Crippen LogP) is 3.76. The lowest BCUT2D eigenvalue weighted by molar-refractivity contribution is 0.0700. The fraction of sp³-hybridized carbons (Fsp3) is 0.304. The number of rotatable bonds is 4. The van der Waals surface area contributed by atoms with Gasteiger partial charge in [-0.25, -0.2) is 14.4 Å². The summed E-state index contributed by atoms with van der Waals surface area (Å²) >= 11 is 0. The normalized spacial score (nSPS) is 16.4. The van der Waals surface area contributed by atoms with E-state index in [1.807, 2.05) is 30.0 Å². The second kappa shape index (κ2) is 8.57. The molecule has 1 amide bonds. The number of hydrogen-bond acceptors (Lipinski definition) is 5. The number of nitrogens with zero attached hydrogens (tertiary/aromatic N) is 5. The van der Waals surface area contributed by atoms with Gasteiger partial charge in [-0.3, -0.25) is 9.78 Å². The summed E-state index contributed by atoms with van der Waals surface area (Å²) in [4.78, 5) is 30.1. The van der Waals surface area contributed by atoms with Crippen molar-refractivity contribution in [2.45, 2.75) is 18.8 Å². The van der Waals surface area contributed by atoms with Crippen molar-refractivity contribution in [1.82, 2.24) is 19.9 Å². The van der Waals surface area contributed by atoms with Crippen LogP contribution < -0.4 is 4.90 Å². The molecule has 1 fully saturated rings. The highest BCUT2D eigenvalue weighted by Crippen LogP contribution is 2.34. The van der Waals surface area contributed by atoms with Gasteiger partial charge < -0.3 is 9.80 Å². The predicted molar refractivity (Wildman–Crippen MR) is 114 cm³/mol. The summed E-state index contributed by atoms with van der Waals surface area (Å²) in [5, 5.41) is 0. The average Bonchev–Trinajstić information content (AvgIpc) is 2.79. The Bertz CT molecular complexity index is 1020. The van der Waals surface area contributed by atoms with E-state index in [0.29, 0.717) is 24.7 Å². The number of likely N-dealkylation sites (tertiary alicyclic amines) is 1. The van der Waals surface area contributed by atoms with Crippen LogP contribution in [0.3, 0.4) is 0 Å². The van der Waals surface area contributed by atoms with Crippen LogP contribution in [0.15, 0.2) is 54.9 Å². The van der Waals surface area contributed by atoms with Gasteiger partial charge in [-0.15, -0.1) is 0 Å². The van der Waals surface area contributed by atoms with E-state index < -0.39 is 0 Å². The fourth-order valence-corrected chi connectivity index (χ4v) is 3.80. The number of anilines is 1. The molecule has 7 heteroatoms. The Morgan fingerprint density at radius 1 is 1.13 bits per heavy atom. The number of carbonyl (C=O) groups excluding carboxylic acids is 1. The minimum atomic E-state index is -0.282. The molecule has 30 heavy (non-hydrogen) atoms. The number of pyridine rings is 1. The van der Waals surface area contributed by atoms with Crippen molar-refractivity contribution in [2.75, 3.05) is 32.1 Å². The Morgan fingerprint density at radius 3 is 2.63 bits per heavy atom. The number of benzene rings is 1. The van der Waals surface area contributed by atoms with Crippen molar-refractivity contribution in [1.29, 1.82) is 0 Å². The maximum absolute atomic E-state index is 13.4. The largest absolute Gasteiger partial charge is 0.347 e. The molecule has 3 aromatic rings. The third kappa shape index (κ3) is 4.15. The van der Waals surface area contributed by atoms with Crippen molar-refractivity contribution in [3.63, 3.8) is 0 Å². The van der Waals surface area contributed by atoms with Crippen molar-refractivity contribution >= 4 is 11.9 Å². The van der Waals surface area contributed by atoms with Gasteiger partial charge in [-0.05, 0) is 42.7 Å². The van der Waals surface area contributed by atoms with Crippen LogP contribution in [0, 0.1) is 5.82 Å². The van der Waals surface area contributed by atoms with E-state index in [1.165, 1.54) is 12.1 Å². The Hall–Kier alpha value is -3.35. The van der Waals surface area contributed by atoms with E-state index in [4.69, 9.17) is 4.98 Å². The minimum absolute atomic E-state index is 0.0631. The molecule has 0 unspecified atom stereocenters. The van der Waals surface area contributed by atoms with E-state index in [-0.39, 0.29) is 17.6 Å². The molecule has 0 aliphatic carbocycles. The molecule has 154 valence electrons. The Kier molecular flexibility index (Phi) is 5.70. The Labute approximate surface area is 175 Å². The van der Waals surface area contributed by atoms with Gasteiger partial charge in [-0.1, -0.05) is 18.2 Å². The van der Waals surface area contributed by atoms with Gasteiger partial charge in [0.05, 0.1) is 5.69 Å². The van der Waals surface area contributed by atoms with Gasteiger partial charge in [-0.2, -0.15) is 0 Å². The molecule has 1 atom stereocenters. The second-order valence-corrected chi connectivity index (χ2v) is 7.68. The summed E-state index contributed by atoms with van der Waals surface area (Å²) in [5.41, 5.74) is 3.08. The molecule has 1 aliphatic rings. The van der Waals surface area contributed by atoms with E-state index in [0.717, 1.165) is 29.7 Å². The van der Waals surface area contributed by atoms with Crippen LogP contribution >= 0.6 is 0 Å². The van der Waals surface area contributed by atoms with Crippen LogP contribution in [0.25, 0.3) is 11.1 Å². The maximum atomic E-state index is 13.4. The van der Waals surface area contributed by atoms with Crippen LogP contribution in [0.1, 0.15) is 34.9 Å². The third-order valence-corrected chi connectivity index (χ3v) is 5.34. The van der Waals surface area contributed by atoms with Gasteiger partial charge in [0.15, 0.2) is 0 Å². The molecule has 0 spiro atoms. The highest BCUT2D eigenvalue weighted by molar-refractivity contribution is 5.92. The minimum Gasteiger partial charge on any atom is -0.347 e. The number of piperidine rings is 1. The summed E-state index contributed by atoms with van der Waals surface area (Å²) < 4.78 is 13.4. The van der Waals surface area contributed by atoms with Crippen molar-refractivity contribution in [3.8, 4) is 11.1 Å². The lowest BCUT2D eigenvalue weighted by Crippen LogP contribution is -2.39. The second-order valence-electron chi connectivity index (χ2n) is 7.68. The summed E-state index contributed by atoms with van der Waals surface area (Å²) in [6.45, 7) is 1.26. The topological polar surface area (TPSA) is 62.2 Å². The zero-order valence-corrected chi connectivity index (χ0v) is 17.1. The van der Waals surface area contributed by atoms with Crippen molar-refractivity contribution in [3.05, 3.63) is 72.1 Å². The Balaban J connectivity index is 1.68. The highest BCUT2D eigenvalue weighted by atomic mass is 19.1. The molecule has 0 N–H and O–H groups in total. The molecular weight excluding hydrogens is 381 g/mol. The fourth-order valence-electron chi connectivity index (χ4n) is 3.80. The van der Waals surface area contributed by atoms with Gasteiger partial charge in [0.2, 0.25) is 5.95 Å². The molecule has 1 aromatic carbocycles. The molecule has 6 nitrogen and oxygen atoms in total. The summed E-state index contributed by atoms with van der Waals surface area (Å²) in [5.74, 6) is 0.332. The zero-order chi connectivity index (χ0) is 21.1. The molecule has 3 heterocycles. The van der Waals surface area contributed by atoms with Crippen LogP contribution in [0.4, 0.5) is 10.3 Å². The molecule has 0 radical (unpaired) electrons. The maximum Gasteiger partial charge on any atom is 0.272 e. The third-order valence-electron chi connectivity index (χ3n) is 5.34. The van der Waals surface area contributed by atoms with Crippen LogP contribution in [-0.4, -0.2) is 52.9 Å². The van der Waals surface area contributed by atoms with Crippen LogP contribution in [0.5, 0.6) is 0 Å². The van der Waals surface area contributed by atoms with E-state index in [9.17, 15) is 9.18 Å². The summed E-state index contributed by atoms with van der Waals surface area (Å²) in [7, 11) is 3.79. The first-order valence-corrected chi connectivity index (χ1v) is 10.0. The van der Waals surface area contributed by atoms with Gasteiger partial charge >= 0.3 is 0 Å². The van der Waals surface area contributed by atoms with Gasteiger partial charge in [0.25, 0.3) is 5.91 Å². The van der Waals surface area contributed by atoms with Crippen LogP contribution in [-0.2, 0) is 0 Å². The highest BCUT2D eigenvalue weighted by Gasteiger charge is 2.29. The lowest BCUT2D eigenvalue weighted by Gasteiger charge is -2.33. The lowest BCUT2D eigenvalue weighted by atomic mass is 9.89. The quantitative estimate of drug-likeness (QED) is 0.661. The standard InChI is InChI=1S/C23H24FN5O/c1-28(2)23-26-14-19(16-8-10-18(24)11-9-16)21(27-23)17-6-5-13-29(15-17)22(30)20-7-3-4-12-25-20/h3-4,7-12,14,17H,5-6,13,15H2,1-2H3/t17-/m0/s1. The zero-order valence-electron chi connectivity index (χ0n) is 17.1. The Morgan fingerprint density at radius 2 is 1.93 bits per heavy atom. The van der Waals surface area contributed by atoms with E-state index in [2.05, 4.69) is 9.97 Å².